The van der Waals surface area contributed by atoms with Crippen molar-refractivity contribution in [2.45, 2.75) is 12.8 Å². The van der Waals surface area contributed by atoms with E-state index in [0.29, 0.717) is 0 Å². The molecule has 0 saturated carbocycles. The first-order chi connectivity index (χ1) is 7.86. The number of benzene rings is 1. The number of nitrogens with zero attached hydrogens (tertiary/aromatic N) is 1. The Labute approximate surface area is 96.5 Å². The Morgan fingerprint density at radius 3 is 2.38 bits per heavy atom. The molecule has 80 valence electrons. The minimum atomic E-state index is 0.994. The van der Waals surface area contributed by atoms with Crippen LogP contribution in [-0.2, 0) is 6.42 Å². The molecule has 0 unspecified atom stereocenters. The van der Waals surface area contributed by atoms with Gasteiger partial charge >= 0.3 is 0 Å². The first kappa shape index (κ1) is 10.6. The lowest BCUT2D eigenvalue weighted by molar-refractivity contribution is 1.02. The number of rotatable bonds is 4. The van der Waals surface area contributed by atoms with Crippen molar-refractivity contribution in [3.8, 4) is 0 Å². The van der Waals surface area contributed by atoms with Crippen molar-refractivity contribution in [2.75, 3.05) is 0 Å². The van der Waals surface area contributed by atoms with E-state index in [0.717, 1.165) is 12.8 Å². The molecule has 1 aromatic heterocycles. The fourth-order valence-corrected chi connectivity index (χ4v) is 1.67. The van der Waals surface area contributed by atoms with Gasteiger partial charge in [-0.1, -0.05) is 36.9 Å². The lowest BCUT2D eigenvalue weighted by atomic mass is 10.0. The molecule has 0 N–H and O–H groups in total. The minimum Gasteiger partial charge on any atom is -0.265 e. The van der Waals surface area contributed by atoms with E-state index < -0.39 is 0 Å². The molecular formula is C15H15N. The van der Waals surface area contributed by atoms with E-state index in [2.05, 4.69) is 35.8 Å². The van der Waals surface area contributed by atoms with Gasteiger partial charge in [0.05, 0.1) is 0 Å². The summed E-state index contributed by atoms with van der Waals surface area (Å²) in [6.45, 7) is 4.11. The van der Waals surface area contributed by atoms with Crippen molar-refractivity contribution < 1.29 is 0 Å². The topological polar surface area (TPSA) is 12.9 Å². The number of aryl methyl sites for hydroxylation is 1. The van der Waals surface area contributed by atoms with Gasteiger partial charge in [-0.2, -0.15) is 0 Å². The zero-order chi connectivity index (χ0) is 11.2. The van der Waals surface area contributed by atoms with Crippen molar-refractivity contribution in [3.63, 3.8) is 0 Å². The highest BCUT2D eigenvalue weighted by Gasteiger charge is 1.99. The van der Waals surface area contributed by atoms with Gasteiger partial charge in [-0.25, -0.2) is 0 Å². The normalized spacial score (nSPS) is 10.0. The van der Waals surface area contributed by atoms with Crippen LogP contribution in [0.4, 0.5) is 0 Å². The summed E-state index contributed by atoms with van der Waals surface area (Å²) < 4.78 is 0. The van der Waals surface area contributed by atoms with Crippen molar-refractivity contribution >= 4 is 5.57 Å². The van der Waals surface area contributed by atoms with Gasteiger partial charge in [0.1, 0.15) is 0 Å². The average Bonchev–Trinajstić information content (AvgIpc) is 2.38. The summed E-state index contributed by atoms with van der Waals surface area (Å²) in [5.74, 6) is 0. The van der Waals surface area contributed by atoms with Gasteiger partial charge in [0.2, 0.25) is 0 Å². The maximum absolute atomic E-state index is 4.11. The molecule has 0 aliphatic rings. The van der Waals surface area contributed by atoms with E-state index in [4.69, 9.17) is 0 Å². The molecule has 0 radical (unpaired) electrons. The summed E-state index contributed by atoms with van der Waals surface area (Å²) in [5.41, 5.74) is 3.72. The molecule has 1 nitrogen and oxygen atoms in total. The number of hydrogen-bond donors (Lipinski definition) is 0. The SMILES string of the molecule is C=C(CCc1ccccc1)c1ccncc1. The maximum Gasteiger partial charge on any atom is 0.0273 e. The van der Waals surface area contributed by atoms with Gasteiger partial charge in [-0.15, -0.1) is 0 Å². The predicted octanol–water partition coefficient (Wildman–Crippen LogP) is 3.73. The lowest BCUT2D eigenvalue weighted by Crippen LogP contribution is -1.88. The molecule has 1 heterocycles. The first-order valence-electron chi connectivity index (χ1n) is 5.48. The van der Waals surface area contributed by atoms with Gasteiger partial charge in [-0.05, 0) is 41.7 Å². The Morgan fingerprint density at radius 2 is 1.69 bits per heavy atom. The van der Waals surface area contributed by atoms with Crippen LogP contribution in [0.3, 0.4) is 0 Å². The Kier molecular flexibility index (Phi) is 3.50. The zero-order valence-corrected chi connectivity index (χ0v) is 9.26. The summed E-state index contributed by atoms with van der Waals surface area (Å²) >= 11 is 0. The highest BCUT2D eigenvalue weighted by Crippen LogP contribution is 2.17. The molecule has 0 atom stereocenters. The summed E-state index contributed by atoms with van der Waals surface area (Å²) in [7, 11) is 0. The van der Waals surface area contributed by atoms with E-state index in [1.165, 1.54) is 16.7 Å². The second-order valence-corrected chi connectivity index (χ2v) is 3.83. The Bertz CT molecular complexity index is 445. The van der Waals surface area contributed by atoms with Crippen LogP contribution in [0.15, 0.2) is 61.4 Å². The van der Waals surface area contributed by atoms with Crippen LogP contribution in [-0.4, -0.2) is 4.98 Å². The highest BCUT2D eigenvalue weighted by atomic mass is 14.6. The Morgan fingerprint density at radius 1 is 1.00 bits per heavy atom. The molecule has 1 heteroatoms. The second kappa shape index (κ2) is 5.26. The Balaban J connectivity index is 1.95. The van der Waals surface area contributed by atoms with Gasteiger partial charge < -0.3 is 0 Å². The highest BCUT2D eigenvalue weighted by molar-refractivity contribution is 5.62. The van der Waals surface area contributed by atoms with Gasteiger partial charge in [-0.3, -0.25) is 4.98 Å². The Hall–Kier alpha value is -1.89. The number of hydrogen-bond acceptors (Lipinski definition) is 1. The van der Waals surface area contributed by atoms with Crippen LogP contribution in [0, 0.1) is 0 Å². The quantitative estimate of drug-likeness (QED) is 0.747. The molecule has 1 aromatic carbocycles. The fourth-order valence-electron chi connectivity index (χ4n) is 1.67. The fraction of sp³-hybridized carbons (Fsp3) is 0.133. The zero-order valence-electron chi connectivity index (χ0n) is 9.26. The van der Waals surface area contributed by atoms with Crippen LogP contribution in [0.25, 0.3) is 5.57 Å². The molecular weight excluding hydrogens is 194 g/mol. The van der Waals surface area contributed by atoms with E-state index >= 15 is 0 Å². The standard InChI is InChI=1S/C15H15N/c1-13(15-9-11-16-12-10-15)7-8-14-5-3-2-4-6-14/h2-6,9-12H,1,7-8H2. The van der Waals surface area contributed by atoms with E-state index in [1.54, 1.807) is 0 Å². The second-order valence-electron chi connectivity index (χ2n) is 3.83. The summed E-state index contributed by atoms with van der Waals surface area (Å²) in [6, 6.07) is 14.5. The molecule has 0 amide bonds. The third kappa shape index (κ3) is 2.80. The van der Waals surface area contributed by atoms with E-state index in [1.807, 2.05) is 30.6 Å². The predicted molar refractivity (Wildman–Crippen MR) is 68.0 cm³/mol. The van der Waals surface area contributed by atoms with Crippen LogP contribution in [0.1, 0.15) is 17.5 Å². The van der Waals surface area contributed by atoms with Crippen LogP contribution in [0.5, 0.6) is 0 Å². The van der Waals surface area contributed by atoms with E-state index in [9.17, 15) is 0 Å². The molecule has 0 fully saturated rings. The van der Waals surface area contributed by atoms with E-state index in [-0.39, 0.29) is 0 Å². The molecule has 0 aliphatic carbocycles. The van der Waals surface area contributed by atoms with Crippen molar-refractivity contribution in [1.82, 2.24) is 4.98 Å². The summed E-state index contributed by atoms with van der Waals surface area (Å²) in [6.07, 6.45) is 5.65. The van der Waals surface area contributed by atoms with Crippen molar-refractivity contribution in [3.05, 3.63) is 72.6 Å². The smallest absolute Gasteiger partial charge is 0.0273 e. The van der Waals surface area contributed by atoms with Gasteiger partial charge in [0.15, 0.2) is 0 Å². The maximum atomic E-state index is 4.11. The molecule has 16 heavy (non-hydrogen) atoms. The number of aromatic nitrogens is 1. The van der Waals surface area contributed by atoms with Crippen LogP contribution < -0.4 is 0 Å². The van der Waals surface area contributed by atoms with Gasteiger partial charge in [0.25, 0.3) is 0 Å². The summed E-state index contributed by atoms with van der Waals surface area (Å²) in [4.78, 5) is 4.00. The largest absolute Gasteiger partial charge is 0.265 e. The van der Waals surface area contributed by atoms with Crippen LogP contribution >= 0.6 is 0 Å². The van der Waals surface area contributed by atoms with Gasteiger partial charge in [0, 0.05) is 12.4 Å². The molecule has 2 rings (SSSR count). The van der Waals surface area contributed by atoms with Crippen molar-refractivity contribution in [1.29, 1.82) is 0 Å². The number of allylic oxidation sites excluding steroid dienone is 1. The molecule has 0 bridgehead atoms. The third-order valence-corrected chi connectivity index (χ3v) is 2.65. The first-order valence-corrected chi connectivity index (χ1v) is 5.48. The number of pyridine rings is 1. The molecule has 0 spiro atoms. The minimum absolute atomic E-state index is 0.994. The van der Waals surface area contributed by atoms with Crippen LogP contribution in [0.2, 0.25) is 0 Å². The molecule has 0 aliphatic heterocycles. The average molecular weight is 209 g/mol. The molecule has 2 aromatic rings. The summed E-state index contributed by atoms with van der Waals surface area (Å²) in [5, 5.41) is 0. The monoisotopic (exact) mass is 209 g/mol. The lowest BCUT2D eigenvalue weighted by Gasteiger charge is -2.05. The van der Waals surface area contributed by atoms with Crippen molar-refractivity contribution in [2.24, 2.45) is 0 Å². The molecule has 0 saturated heterocycles. The third-order valence-electron chi connectivity index (χ3n) is 2.65.